The van der Waals surface area contributed by atoms with E-state index in [-0.39, 0.29) is 5.78 Å². The Morgan fingerprint density at radius 1 is 1.14 bits per heavy atom. The molecule has 0 aliphatic heterocycles. The van der Waals surface area contributed by atoms with E-state index in [1.165, 1.54) is 23.7 Å². The highest BCUT2D eigenvalue weighted by atomic mass is 16.5. The van der Waals surface area contributed by atoms with Gasteiger partial charge in [-0.25, -0.2) is 5.48 Å². The summed E-state index contributed by atoms with van der Waals surface area (Å²) in [6, 6.07) is 7.20. The maximum atomic E-state index is 12.1. The number of Topliss-reactive ketones (excluding diaryl/α,β-unsaturated/α-hetero) is 1. The van der Waals surface area contributed by atoms with Gasteiger partial charge in [0.25, 0.3) is 5.91 Å². The standard InChI is InChI=1S/C16H18N2O3/c1-12(6-4-5-7-15(19)17-21)16(20)13-8-10-14(11-9-13)18(2)3/h4-11,21H,1H2,2-3H3,(H,17,19)/b6-4+,7-5+. The van der Waals surface area contributed by atoms with Crippen LogP contribution in [-0.4, -0.2) is 31.0 Å². The number of rotatable bonds is 6. The van der Waals surface area contributed by atoms with Gasteiger partial charge in [-0.15, -0.1) is 0 Å². The van der Waals surface area contributed by atoms with Crippen LogP contribution < -0.4 is 10.4 Å². The van der Waals surface area contributed by atoms with Gasteiger partial charge in [0.2, 0.25) is 0 Å². The minimum Gasteiger partial charge on any atom is -0.378 e. The number of carbonyl (C=O) groups is 2. The van der Waals surface area contributed by atoms with E-state index in [2.05, 4.69) is 6.58 Å². The van der Waals surface area contributed by atoms with Crippen molar-refractivity contribution >= 4 is 17.4 Å². The number of ketones is 1. The zero-order valence-electron chi connectivity index (χ0n) is 12.0. The molecule has 0 radical (unpaired) electrons. The van der Waals surface area contributed by atoms with Gasteiger partial charge >= 0.3 is 0 Å². The fourth-order valence-electron chi connectivity index (χ4n) is 1.52. The van der Waals surface area contributed by atoms with Crippen molar-refractivity contribution in [3.05, 3.63) is 66.3 Å². The van der Waals surface area contributed by atoms with Crippen LogP contribution in [0.5, 0.6) is 0 Å². The molecule has 5 nitrogen and oxygen atoms in total. The van der Waals surface area contributed by atoms with Gasteiger partial charge < -0.3 is 4.90 Å². The van der Waals surface area contributed by atoms with Gasteiger partial charge in [-0.3, -0.25) is 14.8 Å². The Balaban J connectivity index is 2.70. The number of nitrogens with zero attached hydrogens (tertiary/aromatic N) is 1. The van der Waals surface area contributed by atoms with Crippen LogP contribution >= 0.6 is 0 Å². The maximum Gasteiger partial charge on any atom is 0.267 e. The number of anilines is 1. The lowest BCUT2D eigenvalue weighted by molar-refractivity contribution is -0.124. The third-order valence-corrected chi connectivity index (χ3v) is 2.70. The first-order valence-corrected chi connectivity index (χ1v) is 6.25. The predicted molar refractivity (Wildman–Crippen MR) is 82.4 cm³/mol. The Bertz CT molecular complexity index is 584. The molecular formula is C16H18N2O3. The molecular weight excluding hydrogens is 268 g/mol. The molecule has 1 amide bonds. The number of allylic oxidation sites excluding steroid dienone is 4. The van der Waals surface area contributed by atoms with E-state index >= 15 is 0 Å². The molecule has 1 rings (SSSR count). The second-order valence-electron chi connectivity index (χ2n) is 4.49. The first-order valence-electron chi connectivity index (χ1n) is 6.25. The maximum absolute atomic E-state index is 12.1. The summed E-state index contributed by atoms with van der Waals surface area (Å²) in [5.41, 5.74) is 3.32. The fourth-order valence-corrected chi connectivity index (χ4v) is 1.52. The number of carbonyl (C=O) groups excluding carboxylic acids is 2. The number of hydroxylamine groups is 1. The van der Waals surface area contributed by atoms with Gasteiger partial charge in [-0.05, 0) is 24.3 Å². The summed E-state index contributed by atoms with van der Waals surface area (Å²) in [6.45, 7) is 3.69. The first kappa shape index (κ1) is 16.4. The van der Waals surface area contributed by atoms with Gasteiger partial charge in [0.05, 0.1) is 0 Å². The van der Waals surface area contributed by atoms with Crippen LogP contribution in [0.2, 0.25) is 0 Å². The van der Waals surface area contributed by atoms with E-state index in [9.17, 15) is 9.59 Å². The van der Waals surface area contributed by atoms with E-state index < -0.39 is 5.91 Å². The summed E-state index contributed by atoms with van der Waals surface area (Å²) in [5, 5.41) is 8.29. The Kier molecular flexibility index (Phi) is 6.10. The summed E-state index contributed by atoms with van der Waals surface area (Å²) < 4.78 is 0. The number of benzene rings is 1. The lowest BCUT2D eigenvalue weighted by Crippen LogP contribution is -2.14. The summed E-state index contributed by atoms with van der Waals surface area (Å²) in [7, 11) is 3.85. The minimum atomic E-state index is -0.643. The quantitative estimate of drug-likeness (QED) is 0.276. The van der Waals surface area contributed by atoms with E-state index in [0.717, 1.165) is 11.8 Å². The van der Waals surface area contributed by atoms with Crippen LogP contribution in [0.3, 0.4) is 0 Å². The van der Waals surface area contributed by atoms with Crippen molar-refractivity contribution in [3.63, 3.8) is 0 Å². The number of amides is 1. The molecule has 0 heterocycles. The highest BCUT2D eigenvalue weighted by Gasteiger charge is 2.07. The SMILES string of the molecule is C=C(/C=C/C=C/C(=O)NO)C(=O)c1ccc(N(C)C)cc1. The van der Waals surface area contributed by atoms with Crippen molar-refractivity contribution in [2.75, 3.05) is 19.0 Å². The molecule has 0 bridgehead atoms. The van der Waals surface area contributed by atoms with Gasteiger partial charge in [0.1, 0.15) is 0 Å². The molecule has 0 spiro atoms. The van der Waals surface area contributed by atoms with Crippen molar-refractivity contribution < 1.29 is 14.8 Å². The molecule has 0 aliphatic rings. The molecule has 1 aromatic carbocycles. The molecule has 21 heavy (non-hydrogen) atoms. The van der Waals surface area contributed by atoms with Crippen LogP contribution in [0.15, 0.2) is 60.7 Å². The summed E-state index contributed by atoms with van der Waals surface area (Å²) in [6.07, 6.45) is 5.53. The van der Waals surface area contributed by atoms with Crippen molar-refractivity contribution in [1.29, 1.82) is 0 Å². The zero-order chi connectivity index (χ0) is 15.8. The van der Waals surface area contributed by atoms with Crippen molar-refractivity contribution in [2.24, 2.45) is 0 Å². The van der Waals surface area contributed by atoms with Gasteiger partial charge in [-0.1, -0.05) is 24.8 Å². The van der Waals surface area contributed by atoms with Crippen molar-refractivity contribution in [3.8, 4) is 0 Å². The lowest BCUT2D eigenvalue weighted by atomic mass is 10.0. The number of hydrogen-bond donors (Lipinski definition) is 2. The Morgan fingerprint density at radius 2 is 1.71 bits per heavy atom. The molecule has 110 valence electrons. The zero-order valence-corrected chi connectivity index (χ0v) is 12.0. The summed E-state index contributed by atoms with van der Waals surface area (Å²) in [4.78, 5) is 24.8. The molecule has 1 aromatic rings. The fraction of sp³-hybridized carbons (Fsp3) is 0.125. The molecule has 5 heteroatoms. The molecule has 0 saturated carbocycles. The average molecular weight is 286 g/mol. The smallest absolute Gasteiger partial charge is 0.267 e. The van der Waals surface area contributed by atoms with Crippen molar-refractivity contribution in [1.82, 2.24) is 5.48 Å². The monoisotopic (exact) mass is 286 g/mol. The number of nitrogens with one attached hydrogen (secondary N) is 1. The van der Waals surface area contributed by atoms with E-state index in [1.807, 2.05) is 31.1 Å². The highest BCUT2D eigenvalue weighted by Crippen LogP contribution is 2.15. The molecule has 2 N–H and O–H groups in total. The Labute approximate surface area is 123 Å². The molecule has 0 saturated heterocycles. The van der Waals surface area contributed by atoms with Crippen LogP contribution in [0, 0.1) is 0 Å². The van der Waals surface area contributed by atoms with E-state index in [0.29, 0.717) is 11.1 Å². The van der Waals surface area contributed by atoms with Crippen LogP contribution in [0.4, 0.5) is 5.69 Å². The van der Waals surface area contributed by atoms with Gasteiger partial charge in [0, 0.05) is 37.0 Å². The van der Waals surface area contributed by atoms with Crippen molar-refractivity contribution in [2.45, 2.75) is 0 Å². The molecule has 0 fully saturated rings. The van der Waals surface area contributed by atoms with Crippen LogP contribution in [0.1, 0.15) is 10.4 Å². The first-order chi connectivity index (χ1) is 9.95. The highest BCUT2D eigenvalue weighted by molar-refractivity contribution is 6.10. The van der Waals surface area contributed by atoms with Crippen LogP contribution in [-0.2, 0) is 4.79 Å². The average Bonchev–Trinajstić information content (AvgIpc) is 2.50. The van der Waals surface area contributed by atoms with Crippen LogP contribution in [0.25, 0.3) is 0 Å². The molecule has 0 aliphatic carbocycles. The minimum absolute atomic E-state index is 0.184. The Hall–Kier alpha value is -2.66. The second kappa shape index (κ2) is 7.81. The third kappa shape index (κ3) is 5.08. The summed E-state index contributed by atoms with van der Waals surface area (Å²) >= 11 is 0. The predicted octanol–water partition coefficient (Wildman–Crippen LogP) is 2.11. The molecule has 0 aromatic heterocycles. The second-order valence-corrected chi connectivity index (χ2v) is 4.49. The third-order valence-electron chi connectivity index (χ3n) is 2.70. The van der Waals surface area contributed by atoms with E-state index in [4.69, 9.17) is 5.21 Å². The van der Waals surface area contributed by atoms with E-state index in [1.54, 1.807) is 12.1 Å². The number of hydrogen-bond acceptors (Lipinski definition) is 4. The Morgan fingerprint density at radius 3 is 2.24 bits per heavy atom. The molecule has 0 unspecified atom stereocenters. The topological polar surface area (TPSA) is 69.6 Å². The summed E-state index contributed by atoms with van der Waals surface area (Å²) in [5.74, 6) is -0.826. The van der Waals surface area contributed by atoms with Gasteiger partial charge in [0.15, 0.2) is 5.78 Å². The van der Waals surface area contributed by atoms with Gasteiger partial charge in [-0.2, -0.15) is 0 Å². The molecule has 0 atom stereocenters. The largest absolute Gasteiger partial charge is 0.378 e. The normalized spacial score (nSPS) is 10.8. The lowest BCUT2D eigenvalue weighted by Gasteiger charge is -2.12.